The molecule has 2 N–H and O–H groups in total. The molecule has 0 radical (unpaired) electrons. The minimum absolute atomic E-state index is 0.0809. The summed E-state index contributed by atoms with van der Waals surface area (Å²) in [5.74, 6) is -0.463. The van der Waals surface area contributed by atoms with Gasteiger partial charge in [0.25, 0.3) is 11.8 Å². The second kappa shape index (κ2) is 9.56. The summed E-state index contributed by atoms with van der Waals surface area (Å²) in [5, 5.41) is 5.77. The minimum atomic E-state index is -0.914. The van der Waals surface area contributed by atoms with Crippen LogP contribution in [0.25, 0.3) is 0 Å². The maximum Gasteiger partial charge on any atom is 0.267 e. The van der Waals surface area contributed by atoms with E-state index in [2.05, 4.69) is 10.6 Å². The van der Waals surface area contributed by atoms with Crippen molar-refractivity contribution in [1.82, 2.24) is 5.32 Å². The molecule has 3 amide bonds. The van der Waals surface area contributed by atoms with Crippen LogP contribution in [0.3, 0.4) is 0 Å². The highest BCUT2D eigenvalue weighted by molar-refractivity contribution is 6.05. The van der Waals surface area contributed by atoms with Crippen molar-refractivity contribution in [2.45, 2.75) is 26.0 Å². The van der Waals surface area contributed by atoms with Crippen LogP contribution >= 0.6 is 0 Å². The van der Waals surface area contributed by atoms with E-state index in [9.17, 15) is 14.4 Å². The highest BCUT2D eigenvalue weighted by Crippen LogP contribution is 2.33. The molecule has 7 nitrogen and oxygen atoms in total. The van der Waals surface area contributed by atoms with E-state index in [-0.39, 0.29) is 24.4 Å². The molecule has 1 aliphatic rings. The zero-order valence-corrected chi connectivity index (χ0v) is 18.4. The first-order valence-electron chi connectivity index (χ1n) is 10.7. The number of anilines is 2. The first-order chi connectivity index (χ1) is 15.9. The predicted octanol–water partition coefficient (Wildman–Crippen LogP) is 3.93. The zero-order chi connectivity index (χ0) is 23.4. The number of fused-ring (bicyclic) bond motifs is 1. The summed E-state index contributed by atoms with van der Waals surface area (Å²) in [5.41, 5.74) is 2.32. The standard InChI is InChI=1S/C26H25N3O4/c1-17(19-10-4-3-5-11-19)27-25(31)20-12-6-7-13-21(20)28-26(32)24-16-29(18(2)30)22-14-8-9-15-23(22)33-24/h3-15,17,24H,16H2,1-2H3,(H,27,31)(H,28,32). The Kier molecular flexibility index (Phi) is 6.40. The van der Waals surface area contributed by atoms with Crippen molar-refractivity contribution in [2.24, 2.45) is 0 Å². The topological polar surface area (TPSA) is 87.7 Å². The van der Waals surface area contributed by atoms with Crippen LogP contribution < -0.4 is 20.3 Å². The molecule has 1 aliphatic heterocycles. The Morgan fingerprint density at radius 1 is 0.939 bits per heavy atom. The van der Waals surface area contributed by atoms with Gasteiger partial charge in [-0.15, -0.1) is 0 Å². The van der Waals surface area contributed by atoms with Gasteiger partial charge in [-0.3, -0.25) is 14.4 Å². The van der Waals surface area contributed by atoms with Crippen LogP contribution in [0.4, 0.5) is 11.4 Å². The molecule has 2 unspecified atom stereocenters. The van der Waals surface area contributed by atoms with E-state index in [0.29, 0.717) is 22.7 Å². The van der Waals surface area contributed by atoms with Gasteiger partial charge in [0.2, 0.25) is 5.91 Å². The van der Waals surface area contributed by atoms with E-state index < -0.39 is 12.0 Å². The summed E-state index contributed by atoms with van der Waals surface area (Å²) in [6.07, 6.45) is -0.914. The molecule has 0 saturated heterocycles. The lowest BCUT2D eigenvalue weighted by Gasteiger charge is -2.33. The van der Waals surface area contributed by atoms with E-state index in [1.165, 1.54) is 11.8 Å². The third-order valence-corrected chi connectivity index (χ3v) is 5.52. The smallest absolute Gasteiger partial charge is 0.267 e. The monoisotopic (exact) mass is 443 g/mol. The lowest BCUT2D eigenvalue weighted by atomic mass is 10.1. The van der Waals surface area contributed by atoms with Crippen LogP contribution in [0, 0.1) is 0 Å². The van der Waals surface area contributed by atoms with E-state index in [1.54, 1.807) is 42.5 Å². The quantitative estimate of drug-likeness (QED) is 0.626. The third kappa shape index (κ3) is 4.87. The van der Waals surface area contributed by atoms with Crippen LogP contribution in [0.15, 0.2) is 78.9 Å². The Balaban J connectivity index is 1.50. The van der Waals surface area contributed by atoms with Crippen molar-refractivity contribution in [2.75, 3.05) is 16.8 Å². The molecule has 7 heteroatoms. The fourth-order valence-electron chi connectivity index (χ4n) is 3.77. The first-order valence-corrected chi connectivity index (χ1v) is 10.7. The molecule has 0 spiro atoms. The molecule has 0 fully saturated rings. The highest BCUT2D eigenvalue weighted by Gasteiger charge is 2.33. The second-order valence-corrected chi connectivity index (χ2v) is 7.84. The summed E-state index contributed by atoms with van der Waals surface area (Å²) in [4.78, 5) is 39.7. The number of nitrogens with zero attached hydrogens (tertiary/aromatic N) is 1. The molecule has 33 heavy (non-hydrogen) atoms. The van der Waals surface area contributed by atoms with Crippen molar-refractivity contribution in [3.8, 4) is 5.75 Å². The fourth-order valence-corrected chi connectivity index (χ4v) is 3.77. The van der Waals surface area contributed by atoms with Gasteiger partial charge < -0.3 is 20.3 Å². The summed E-state index contributed by atoms with van der Waals surface area (Å²) in [6, 6.07) is 23.3. The van der Waals surface area contributed by atoms with Crippen LogP contribution in [0.1, 0.15) is 35.8 Å². The average molecular weight is 444 g/mol. The summed E-state index contributed by atoms with van der Waals surface area (Å²) in [7, 11) is 0. The van der Waals surface area contributed by atoms with Crippen molar-refractivity contribution in [1.29, 1.82) is 0 Å². The van der Waals surface area contributed by atoms with Gasteiger partial charge in [-0.1, -0.05) is 54.6 Å². The summed E-state index contributed by atoms with van der Waals surface area (Å²) >= 11 is 0. The Labute approximate surface area is 192 Å². The third-order valence-electron chi connectivity index (χ3n) is 5.52. The largest absolute Gasteiger partial charge is 0.476 e. The van der Waals surface area contributed by atoms with Crippen molar-refractivity contribution in [3.63, 3.8) is 0 Å². The number of hydrogen-bond donors (Lipinski definition) is 2. The highest BCUT2D eigenvalue weighted by atomic mass is 16.5. The van der Waals surface area contributed by atoms with E-state index >= 15 is 0 Å². The average Bonchev–Trinajstić information content (AvgIpc) is 2.84. The normalized spacial score (nSPS) is 15.6. The summed E-state index contributed by atoms with van der Waals surface area (Å²) < 4.78 is 5.86. The number of hydrogen-bond acceptors (Lipinski definition) is 4. The molecule has 3 aromatic rings. The first kappa shape index (κ1) is 22.1. The number of ether oxygens (including phenoxy) is 1. The number of amides is 3. The molecule has 0 saturated carbocycles. The van der Waals surface area contributed by atoms with Crippen LogP contribution in [-0.4, -0.2) is 30.4 Å². The van der Waals surface area contributed by atoms with Crippen LogP contribution in [0.2, 0.25) is 0 Å². The molecule has 168 valence electrons. The lowest BCUT2D eigenvalue weighted by Crippen LogP contribution is -2.48. The number of para-hydroxylation sites is 3. The maximum atomic E-state index is 13.1. The Morgan fingerprint density at radius 3 is 2.36 bits per heavy atom. The lowest BCUT2D eigenvalue weighted by molar-refractivity contribution is -0.123. The Hall–Kier alpha value is -4.13. The molecule has 2 atom stereocenters. The minimum Gasteiger partial charge on any atom is -0.476 e. The van der Waals surface area contributed by atoms with Crippen molar-refractivity contribution >= 4 is 29.1 Å². The molecule has 1 heterocycles. The van der Waals surface area contributed by atoms with Crippen molar-refractivity contribution < 1.29 is 19.1 Å². The fraction of sp³-hybridized carbons (Fsp3) is 0.192. The maximum absolute atomic E-state index is 13.1. The van der Waals surface area contributed by atoms with Gasteiger partial charge >= 0.3 is 0 Å². The molecular weight excluding hydrogens is 418 g/mol. The van der Waals surface area contributed by atoms with Gasteiger partial charge in [-0.05, 0) is 36.8 Å². The molecule has 0 bridgehead atoms. The van der Waals surface area contributed by atoms with Crippen LogP contribution in [-0.2, 0) is 9.59 Å². The molecule has 4 rings (SSSR count). The Morgan fingerprint density at radius 2 is 1.61 bits per heavy atom. The SMILES string of the molecule is CC(=O)N1CC(C(=O)Nc2ccccc2C(=O)NC(C)c2ccccc2)Oc2ccccc21. The second-order valence-electron chi connectivity index (χ2n) is 7.84. The molecular formula is C26H25N3O4. The number of benzene rings is 3. The molecule has 0 aliphatic carbocycles. The van der Waals surface area contributed by atoms with Gasteiger partial charge in [-0.25, -0.2) is 0 Å². The number of rotatable bonds is 5. The van der Waals surface area contributed by atoms with E-state index in [1.807, 2.05) is 43.3 Å². The molecule has 3 aromatic carbocycles. The molecule has 0 aromatic heterocycles. The van der Waals surface area contributed by atoms with Gasteiger partial charge in [0.1, 0.15) is 5.75 Å². The predicted molar refractivity (Wildman–Crippen MR) is 126 cm³/mol. The number of carbonyl (C=O) groups excluding carboxylic acids is 3. The van der Waals surface area contributed by atoms with Gasteiger partial charge in [-0.2, -0.15) is 0 Å². The van der Waals surface area contributed by atoms with Gasteiger partial charge in [0.15, 0.2) is 6.10 Å². The number of carbonyl (C=O) groups is 3. The van der Waals surface area contributed by atoms with Crippen molar-refractivity contribution in [3.05, 3.63) is 90.0 Å². The van der Waals surface area contributed by atoms with Gasteiger partial charge in [0.05, 0.1) is 29.5 Å². The van der Waals surface area contributed by atoms with E-state index in [4.69, 9.17) is 4.74 Å². The van der Waals surface area contributed by atoms with Gasteiger partial charge in [0, 0.05) is 6.92 Å². The van der Waals surface area contributed by atoms with E-state index in [0.717, 1.165) is 5.56 Å². The Bertz CT molecular complexity index is 1180. The summed E-state index contributed by atoms with van der Waals surface area (Å²) in [6.45, 7) is 3.43. The van der Waals surface area contributed by atoms with Crippen LogP contribution in [0.5, 0.6) is 5.75 Å². The number of nitrogens with one attached hydrogen (secondary N) is 2. The zero-order valence-electron chi connectivity index (χ0n) is 18.4.